The number of benzene rings is 2. The number of hydrogen-bond acceptors (Lipinski definition) is 5. The normalized spacial score (nSPS) is 14.6. The molecule has 25 heavy (non-hydrogen) atoms. The van der Waals surface area contributed by atoms with Gasteiger partial charge in [-0.15, -0.1) is 11.3 Å². The molecular formula is C18H18N2O3S2. The lowest BCUT2D eigenvalue weighted by atomic mass is 10.0. The van der Waals surface area contributed by atoms with Gasteiger partial charge in [-0.05, 0) is 49.6 Å². The van der Waals surface area contributed by atoms with Crippen molar-refractivity contribution in [2.24, 2.45) is 0 Å². The van der Waals surface area contributed by atoms with Crippen LogP contribution in [0.25, 0.3) is 10.2 Å². The quantitative estimate of drug-likeness (QED) is 0.700. The van der Waals surface area contributed by atoms with E-state index in [9.17, 15) is 8.42 Å². The van der Waals surface area contributed by atoms with Gasteiger partial charge in [0.2, 0.25) is 0 Å². The third kappa shape index (κ3) is 2.67. The van der Waals surface area contributed by atoms with Gasteiger partial charge < -0.3 is 4.74 Å². The van der Waals surface area contributed by atoms with E-state index in [4.69, 9.17) is 4.74 Å². The first-order valence-corrected chi connectivity index (χ1v) is 10.3. The maximum absolute atomic E-state index is 13.3. The average Bonchev–Trinajstić information content (AvgIpc) is 2.99. The van der Waals surface area contributed by atoms with Gasteiger partial charge in [-0.3, -0.25) is 4.31 Å². The molecular weight excluding hydrogens is 356 g/mol. The van der Waals surface area contributed by atoms with Crippen molar-refractivity contribution < 1.29 is 13.2 Å². The highest BCUT2D eigenvalue weighted by Gasteiger charge is 2.31. The second-order valence-corrected chi connectivity index (χ2v) is 9.11. The summed E-state index contributed by atoms with van der Waals surface area (Å²) in [5, 5.41) is 0.925. The summed E-state index contributed by atoms with van der Waals surface area (Å²) in [5.41, 5.74) is 2.50. The van der Waals surface area contributed by atoms with Crippen molar-refractivity contribution in [2.75, 3.05) is 18.0 Å². The molecule has 5 nitrogen and oxygen atoms in total. The molecule has 0 N–H and O–H groups in total. The van der Waals surface area contributed by atoms with Crippen LogP contribution in [0.4, 0.5) is 5.69 Å². The largest absolute Gasteiger partial charge is 0.495 e. The number of hydrogen-bond donors (Lipinski definition) is 0. The Hall–Kier alpha value is -2.12. The van der Waals surface area contributed by atoms with E-state index in [1.54, 1.807) is 25.3 Å². The van der Waals surface area contributed by atoms with Crippen LogP contribution in [0.5, 0.6) is 5.75 Å². The highest BCUT2D eigenvalue weighted by molar-refractivity contribution is 7.92. The van der Waals surface area contributed by atoms with Gasteiger partial charge in [0.1, 0.15) is 5.75 Å². The van der Waals surface area contributed by atoms with Crippen LogP contribution in [-0.4, -0.2) is 27.1 Å². The summed E-state index contributed by atoms with van der Waals surface area (Å²) in [6.07, 6.45) is 1.65. The standard InChI is InChI=1S/C18H18N2O3S2/c1-12-19-15-9-8-14(11-17(15)24-12)25(21,22)20-10-4-6-13-5-3-7-16(23-2)18(13)20/h3,5,7-9,11H,4,6,10H2,1-2H3. The zero-order valence-corrected chi connectivity index (χ0v) is 15.7. The first kappa shape index (κ1) is 16.4. The summed E-state index contributed by atoms with van der Waals surface area (Å²) in [7, 11) is -2.09. The monoisotopic (exact) mass is 374 g/mol. The first-order chi connectivity index (χ1) is 12.0. The van der Waals surface area contributed by atoms with Crippen LogP contribution in [0, 0.1) is 6.92 Å². The van der Waals surface area contributed by atoms with Gasteiger partial charge in [-0.2, -0.15) is 0 Å². The van der Waals surface area contributed by atoms with Crippen LogP contribution in [0.2, 0.25) is 0 Å². The Morgan fingerprint density at radius 2 is 2.08 bits per heavy atom. The minimum Gasteiger partial charge on any atom is -0.495 e. The third-order valence-electron chi connectivity index (χ3n) is 4.41. The minimum atomic E-state index is -3.66. The van der Waals surface area contributed by atoms with Crippen molar-refractivity contribution in [2.45, 2.75) is 24.7 Å². The molecule has 0 radical (unpaired) electrons. The van der Waals surface area contributed by atoms with Crippen LogP contribution in [0.1, 0.15) is 17.0 Å². The molecule has 0 saturated carbocycles. The van der Waals surface area contributed by atoms with E-state index in [0.717, 1.165) is 33.6 Å². The lowest BCUT2D eigenvalue weighted by molar-refractivity contribution is 0.414. The molecule has 3 aromatic rings. The summed E-state index contributed by atoms with van der Waals surface area (Å²) in [6, 6.07) is 10.8. The number of aryl methyl sites for hydroxylation is 2. The number of anilines is 1. The molecule has 0 fully saturated rings. The number of thiazole rings is 1. The number of fused-ring (bicyclic) bond motifs is 2. The summed E-state index contributed by atoms with van der Waals surface area (Å²) in [4.78, 5) is 4.70. The Balaban J connectivity index is 1.86. The number of para-hydroxylation sites is 1. The molecule has 2 aromatic carbocycles. The molecule has 7 heteroatoms. The van der Waals surface area contributed by atoms with Gasteiger partial charge in [-0.25, -0.2) is 13.4 Å². The number of nitrogens with zero attached hydrogens (tertiary/aromatic N) is 2. The maximum atomic E-state index is 13.3. The molecule has 0 unspecified atom stereocenters. The fourth-order valence-corrected chi connectivity index (χ4v) is 5.81. The number of methoxy groups -OCH3 is 1. The van der Waals surface area contributed by atoms with Crippen LogP contribution >= 0.6 is 11.3 Å². The van der Waals surface area contributed by atoms with E-state index in [1.165, 1.54) is 15.6 Å². The lowest BCUT2D eigenvalue weighted by Gasteiger charge is -2.31. The van der Waals surface area contributed by atoms with Crippen molar-refractivity contribution in [3.8, 4) is 5.75 Å². The highest BCUT2D eigenvalue weighted by Crippen LogP contribution is 2.39. The average molecular weight is 374 g/mol. The Morgan fingerprint density at radius 3 is 2.88 bits per heavy atom. The number of aromatic nitrogens is 1. The Labute approximate surface area is 150 Å². The lowest BCUT2D eigenvalue weighted by Crippen LogP contribution is -2.35. The molecule has 0 bridgehead atoms. The van der Waals surface area contributed by atoms with Gasteiger partial charge in [0.25, 0.3) is 10.0 Å². The molecule has 4 rings (SSSR count). The fourth-order valence-electron chi connectivity index (χ4n) is 3.29. The second-order valence-electron chi connectivity index (χ2n) is 6.01. The Morgan fingerprint density at radius 1 is 1.24 bits per heavy atom. The molecule has 130 valence electrons. The Bertz CT molecular complexity index is 1040. The van der Waals surface area contributed by atoms with E-state index in [2.05, 4.69) is 4.98 Å². The molecule has 2 heterocycles. The van der Waals surface area contributed by atoms with Crippen LogP contribution in [0.15, 0.2) is 41.3 Å². The molecule has 0 atom stereocenters. The van der Waals surface area contributed by atoms with Crippen molar-refractivity contribution in [3.05, 3.63) is 47.0 Å². The van der Waals surface area contributed by atoms with Gasteiger partial charge >= 0.3 is 0 Å². The summed E-state index contributed by atoms with van der Waals surface area (Å²) < 4.78 is 34.5. The van der Waals surface area contributed by atoms with Gasteiger partial charge in [0, 0.05) is 6.54 Å². The highest BCUT2D eigenvalue weighted by atomic mass is 32.2. The van der Waals surface area contributed by atoms with E-state index in [-0.39, 0.29) is 0 Å². The van der Waals surface area contributed by atoms with Crippen molar-refractivity contribution in [1.82, 2.24) is 4.98 Å². The number of rotatable bonds is 3. The van der Waals surface area contributed by atoms with E-state index in [1.807, 2.05) is 25.1 Å². The van der Waals surface area contributed by atoms with Crippen LogP contribution in [0.3, 0.4) is 0 Å². The fraction of sp³-hybridized carbons (Fsp3) is 0.278. The molecule has 1 aromatic heterocycles. The molecule has 1 aliphatic heterocycles. The molecule has 0 amide bonds. The zero-order chi connectivity index (χ0) is 17.6. The van der Waals surface area contributed by atoms with Crippen molar-refractivity contribution in [3.63, 3.8) is 0 Å². The number of ether oxygens (including phenoxy) is 1. The third-order valence-corrected chi connectivity index (χ3v) is 7.14. The maximum Gasteiger partial charge on any atom is 0.264 e. The van der Waals surface area contributed by atoms with Crippen LogP contribution < -0.4 is 9.04 Å². The molecule has 1 aliphatic rings. The van der Waals surface area contributed by atoms with E-state index >= 15 is 0 Å². The molecule has 0 saturated heterocycles. The zero-order valence-electron chi connectivity index (χ0n) is 14.0. The van der Waals surface area contributed by atoms with E-state index < -0.39 is 10.0 Å². The topological polar surface area (TPSA) is 59.5 Å². The summed E-state index contributed by atoms with van der Waals surface area (Å²) in [5.74, 6) is 0.593. The van der Waals surface area contributed by atoms with Gasteiger partial charge in [0.05, 0.1) is 32.9 Å². The smallest absolute Gasteiger partial charge is 0.264 e. The van der Waals surface area contributed by atoms with Gasteiger partial charge in [0.15, 0.2) is 0 Å². The molecule has 0 aliphatic carbocycles. The summed E-state index contributed by atoms with van der Waals surface area (Å²) in [6.45, 7) is 2.38. The van der Waals surface area contributed by atoms with Crippen molar-refractivity contribution >= 4 is 37.3 Å². The Kier molecular flexibility index (Phi) is 3.92. The van der Waals surface area contributed by atoms with Crippen LogP contribution in [-0.2, 0) is 16.4 Å². The predicted octanol–water partition coefficient (Wildman–Crippen LogP) is 3.75. The second kappa shape index (κ2) is 6.00. The predicted molar refractivity (Wildman–Crippen MR) is 100 cm³/mol. The minimum absolute atomic E-state index is 0.294. The number of sulfonamides is 1. The summed E-state index contributed by atoms with van der Waals surface area (Å²) >= 11 is 1.50. The first-order valence-electron chi connectivity index (χ1n) is 8.06. The van der Waals surface area contributed by atoms with E-state index in [0.29, 0.717) is 22.9 Å². The van der Waals surface area contributed by atoms with Gasteiger partial charge in [-0.1, -0.05) is 12.1 Å². The van der Waals surface area contributed by atoms with Crippen molar-refractivity contribution in [1.29, 1.82) is 0 Å². The molecule has 0 spiro atoms. The SMILES string of the molecule is COc1cccc2c1N(S(=O)(=O)c1ccc3nc(C)sc3c1)CCC2.